The summed E-state index contributed by atoms with van der Waals surface area (Å²) in [6.07, 6.45) is 2.23. The van der Waals surface area contributed by atoms with Gasteiger partial charge in [-0.25, -0.2) is 0 Å². The highest BCUT2D eigenvalue weighted by molar-refractivity contribution is 6.35. The van der Waals surface area contributed by atoms with E-state index in [-0.39, 0.29) is 0 Å². The first-order valence-electron chi connectivity index (χ1n) is 6.32. The van der Waals surface area contributed by atoms with Crippen LogP contribution < -0.4 is 4.74 Å². The molecule has 0 aliphatic carbocycles. The molecule has 0 unspecified atom stereocenters. The van der Waals surface area contributed by atoms with Gasteiger partial charge >= 0.3 is 0 Å². The van der Waals surface area contributed by atoms with Crippen molar-refractivity contribution in [1.82, 2.24) is 0 Å². The fraction of sp³-hybridized carbons (Fsp3) is 0.250. The van der Waals surface area contributed by atoms with Gasteiger partial charge in [0, 0.05) is 5.02 Å². The van der Waals surface area contributed by atoms with Gasteiger partial charge in [0.15, 0.2) is 0 Å². The molecule has 0 saturated carbocycles. The fourth-order valence-electron chi connectivity index (χ4n) is 1.95. The van der Waals surface area contributed by atoms with Gasteiger partial charge in [-0.3, -0.25) is 0 Å². The third-order valence-corrected chi connectivity index (χ3v) is 3.42. The summed E-state index contributed by atoms with van der Waals surface area (Å²) in [5.74, 6) is 1.45. The molecule has 2 aromatic carbocycles. The van der Waals surface area contributed by atoms with E-state index < -0.39 is 0 Å². The maximum atomic E-state index is 6.10. The quantitative estimate of drug-likeness (QED) is 0.667. The van der Waals surface area contributed by atoms with Crippen LogP contribution in [0.25, 0.3) is 0 Å². The van der Waals surface area contributed by atoms with Crippen molar-refractivity contribution in [3.63, 3.8) is 0 Å². The molecule has 0 saturated heterocycles. The average Bonchev–Trinajstić information content (AvgIpc) is 2.36. The minimum atomic E-state index is 0.518. The van der Waals surface area contributed by atoms with E-state index in [9.17, 15) is 0 Å². The van der Waals surface area contributed by atoms with Crippen molar-refractivity contribution in [3.05, 3.63) is 57.6 Å². The second kappa shape index (κ2) is 6.31. The maximum absolute atomic E-state index is 6.10. The molecular weight excluding hydrogens is 279 g/mol. The average molecular weight is 295 g/mol. The molecule has 0 atom stereocenters. The SMILES string of the molecule is CCCc1ccc(Oc2ccc(Cl)cc2Cl)c(C)c1. The first kappa shape index (κ1) is 14.2. The van der Waals surface area contributed by atoms with Crippen LogP contribution in [-0.2, 0) is 6.42 Å². The molecule has 0 spiro atoms. The lowest BCUT2D eigenvalue weighted by atomic mass is 10.1. The molecule has 2 rings (SSSR count). The van der Waals surface area contributed by atoms with Crippen molar-refractivity contribution in [1.29, 1.82) is 0 Å². The molecule has 0 aliphatic rings. The molecule has 100 valence electrons. The first-order chi connectivity index (χ1) is 9.10. The summed E-state index contributed by atoms with van der Waals surface area (Å²) < 4.78 is 5.84. The lowest BCUT2D eigenvalue weighted by Crippen LogP contribution is -1.91. The highest BCUT2D eigenvalue weighted by Gasteiger charge is 2.06. The number of halogens is 2. The first-order valence-corrected chi connectivity index (χ1v) is 7.08. The Labute approximate surface area is 124 Å². The van der Waals surface area contributed by atoms with Gasteiger partial charge in [-0.05, 0) is 48.7 Å². The van der Waals surface area contributed by atoms with Crippen molar-refractivity contribution < 1.29 is 4.74 Å². The van der Waals surface area contributed by atoms with Crippen LogP contribution >= 0.6 is 23.2 Å². The summed E-state index contributed by atoms with van der Waals surface area (Å²) in [6, 6.07) is 11.5. The highest BCUT2D eigenvalue weighted by atomic mass is 35.5. The Kier molecular flexibility index (Phi) is 4.73. The van der Waals surface area contributed by atoms with E-state index in [0.29, 0.717) is 15.8 Å². The van der Waals surface area contributed by atoms with Gasteiger partial charge in [0.2, 0.25) is 0 Å². The van der Waals surface area contributed by atoms with Crippen LogP contribution in [0.4, 0.5) is 0 Å². The number of aryl methyl sites for hydroxylation is 2. The third kappa shape index (κ3) is 3.65. The van der Waals surface area contributed by atoms with Gasteiger partial charge < -0.3 is 4.74 Å². The minimum Gasteiger partial charge on any atom is -0.456 e. The highest BCUT2D eigenvalue weighted by Crippen LogP contribution is 2.33. The number of benzene rings is 2. The van der Waals surface area contributed by atoms with Gasteiger partial charge in [-0.1, -0.05) is 48.7 Å². The number of rotatable bonds is 4. The van der Waals surface area contributed by atoms with Crippen molar-refractivity contribution in [2.45, 2.75) is 26.7 Å². The molecule has 0 heterocycles. The van der Waals surface area contributed by atoms with E-state index in [4.69, 9.17) is 27.9 Å². The van der Waals surface area contributed by atoms with E-state index in [1.54, 1.807) is 18.2 Å². The summed E-state index contributed by atoms with van der Waals surface area (Å²) in [5, 5.41) is 1.12. The van der Waals surface area contributed by atoms with E-state index in [1.807, 2.05) is 13.0 Å². The second-order valence-electron chi connectivity index (χ2n) is 4.53. The molecule has 0 bridgehead atoms. The van der Waals surface area contributed by atoms with Crippen LogP contribution in [0, 0.1) is 6.92 Å². The summed E-state index contributed by atoms with van der Waals surface area (Å²) in [7, 11) is 0. The summed E-state index contributed by atoms with van der Waals surface area (Å²) in [5.41, 5.74) is 2.44. The van der Waals surface area contributed by atoms with Gasteiger partial charge in [-0.15, -0.1) is 0 Å². The molecule has 1 nitrogen and oxygen atoms in total. The fourth-order valence-corrected chi connectivity index (χ4v) is 2.39. The Morgan fingerprint density at radius 3 is 2.37 bits per heavy atom. The molecule has 3 heteroatoms. The third-order valence-electron chi connectivity index (χ3n) is 2.89. The van der Waals surface area contributed by atoms with Crippen LogP contribution in [0.2, 0.25) is 10.0 Å². The minimum absolute atomic E-state index is 0.518. The number of hydrogen-bond acceptors (Lipinski definition) is 1. The zero-order valence-corrected chi connectivity index (χ0v) is 12.6. The Bertz CT molecular complexity index is 579. The topological polar surface area (TPSA) is 9.23 Å². The predicted octanol–water partition coefficient (Wildman–Crippen LogP) is 6.05. The van der Waals surface area contributed by atoms with E-state index in [0.717, 1.165) is 24.2 Å². The molecule has 0 aliphatic heterocycles. The molecule has 0 N–H and O–H groups in total. The Balaban J connectivity index is 2.23. The van der Waals surface area contributed by atoms with Crippen molar-refractivity contribution in [2.24, 2.45) is 0 Å². The molecule has 0 fully saturated rings. The number of hydrogen-bond donors (Lipinski definition) is 0. The molecule has 2 aromatic rings. The lowest BCUT2D eigenvalue weighted by Gasteiger charge is -2.11. The van der Waals surface area contributed by atoms with Crippen LogP contribution in [0.5, 0.6) is 11.5 Å². The maximum Gasteiger partial charge on any atom is 0.146 e. The summed E-state index contributed by atoms with van der Waals surface area (Å²) >= 11 is 12.0. The Hall–Kier alpha value is -1.18. The van der Waals surface area contributed by atoms with Gasteiger partial charge in [0.05, 0.1) is 5.02 Å². The Morgan fingerprint density at radius 2 is 1.74 bits per heavy atom. The molecule has 19 heavy (non-hydrogen) atoms. The zero-order chi connectivity index (χ0) is 13.8. The second-order valence-corrected chi connectivity index (χ2v) is 5.37. The normalized spacial score (nSPS) is 10.5. The molecular formula is C16H16Cl2O. The van der Waals surface area contributed by atoms with Gasteiger partial charge in [-0.2, -0.15) is 0 Å². The van der Waals surface area contributed by atoms with E-state index in [2.05, 4.69) is 19.1 Å². The molecule has 0 aromatic heterocycles. The van der Waals surface area contributed by atoms with Crippen LogP contribution in [-0.4, -0.2) is 0 Å². The summed E-state index contributed by atoms with van der Waals surface area (Å²) in [6.45, 7) is 4.21. The monoisotopic (exact) mass is 294 g/mol. The number of ether oxygens (including phenoxy) is 1. The van der Waals surface area contributed by atoms with Crippen molar-refractivity contribution >= 4 is 23.2 Å². The smallest absolute Gasteiger partial charge is 0.146 e. The summed E-state index contributed by atoms with van der Waals surface area (Å²) in [4.78, 5) is 0. The molecule has 0 radical (unpaired) electrons. The molecule has 0 amide bonds. The standard InChI is InChI=1S/C16H16Cl2O/c1-3-4-12-5-7-15(11(2)9-12)19-16-8-6-13(17)10-14(16)18/h5-10H,3-4H2,1-2H3. The largest absolute Gasteiger partial charge is 0.456 e. The Morgan fingerprint density at radius 1 is 1.00 bits per heavy atom. The van der Waals surface area contributed by atoms with Crippen LogP contribution in [0.1, 0.15) is 24.5 Å². The van der Waals surface area contributed by atoms with Crippen molar-refractivity contribution in [3.8, 4) is 11.5 Å². The van der Waals surface area contributed by atoms with Crippen LogP contribution in [0.15, 0.2) is 36.4 Å². The van der Waals surface area contributed by atoms with Crippen LogP contribution in [0.3, 0.4) is 0 Å². The lowest BCUT2D eigenvalue weighted by molar-refractivity contribution is 0.479. The predicted molar refractivity (Wildman–Crippen MR) is 81.7 cm³/mol. The van der Waals surface area contributed by atoms with E-state index >= 15 is 0 Å². The van der Waals surface area contributed by atoms with E-state index in [1.165, 1.54) is 5.56 Å². The van der Waals surface area contributed by atoms with Gasteiger partial charge in [0.25, 0.3) is 0 Å². The van der Waals surface area contributed by atoms with Gasteiger partial charge in [0.1, 0.15) is 11.5 Å². The van der Waals surface area contributed by atoms with Crippen molar-refractivity contribution in [2.75, 3.05) is 0 Å². The zero-order valence-electron chi connectivity index (χ0n) is 11.0.